The second kappa shape index (κ2) is 7.06. The number of sulfonamides is 1. The third-order valence-electron chi connectivity index (χ3n) is 2.97. The summed E-state index contributed by atoms with van der Waals surface area (Å²) >= 11 is 0. The Balaban J connectivity index is 2.23. The monoisotopic (exact) mass is 341 g/mol. The predicted octanol–water partition coefficient (Wildman–Crippen LogP) is 3.69. The molecule has 0 radical (unpaired) electrons. The second-order valence-electron chi connectivity index (χ2n) is 5.24. The van der Waals surface area contributed by atoms with Crippen LogP contribution in [-0.4, -0.2) is 14.5 Å². The number of hydrogen-bond donors (Lipinski definition) is 1. The molecule has 2 rings (SSSR count). The number of hydrogen-bond acceptors (Lipinski definition) is 3. The van der Waals surface area contributed by atoms with E-state index in [0.717, 1.165) is 12.1 Å². The Morgan fingerprint density at radius 2 is 1.87 bits per heavy atom. The van der Waals surface area contributed by atoms with Gasteiger partial charge in [-0.15, -0.1) is 0 Å². The van der Waals surface area contributed by atoms with Crippen molar-refractivity contribution in [2.75, 3.05) is 4.72 Å². The van der Waals surface area contributed by atoms with E-state index in [-0.39, 0.29) is 23.3 Å². The van der Waals surface area contributed by atoms with E-state index in [1.165, 1.54) is 12.1 Å². The SMILES string of the molecule is CC(C)OCc1cccc(S(=O)(=O)Nc2ccc(F)cc2F)c1. The maximum atomic E-state index is 13.6. The first-order chi connectivity index (χ1) is 10.8. The van der Waals surface area contributed by atoms with Crippen LogP contribution < -0.4 is 4.72 Å². The van der Waals surface area contributed by atoms with Crippen LogP contribution in [0.3, 0.4) is 0 Å². The summed E-state index contributed by atoms with van der Waals surface area (Å²) in [6.07, 6.45) is 0.0155. The summed E-state index contributed by atoms with van der Waals surface area (Å²) in [5, 5.41) is 0. The van der Waals surface area contributed by atoms with Crippen molar-refractivity contribution in [2.24, 2.45) is 0 Å². The maximum absolute atomic E-state index is 13.6. The summed E-state index contributed by atoms with van der Waals surface area (Å²) in [5.74, 6) is -1.76. The highest BCUT2D eigenvalue weighted by Gasteiger charge is 2.17. The number of rotatable bonds is 6. The first kappa shape index (κ1) is 17.4. The van der Waals surface area contributed by atoms with E-state index >= 15 is 0 Å². The molecule has 1 N–H and O–H groups in total. The lowest BCUT2D eigenvalue weighted by molar-refractivity contribution is 0.0656. The van der Waals surface area contributed by atoms with Gasteiger partial charge in [0.2, 0.25) is 0 Å². The number of nitrogens with one attached hydrogen (secondary N) is 1. The standard InChI is InChI=1S/C16H17F2NO3S/c1-11(2)22-10-12-4-3-5-14(8-12)23(20,21)19-16-7-6-13(17)9-15(16)18/h3-9,11,19H,10H2,1-2H3. The minimum Gasteiger partial charge on any atom is -0.374 e. The molecule has 0 aliphatic heterocycles. The Kier molecular flexibility index (Phi) is 5.33. The molecule has 0 unspecified atom stereocenters. The highest BCUT2D eigenvalue weighted by molar-refractivity contribution is 7.92. The van der Waals surface area contributed by atoms with Crippen LogP contribution >= 0.6 is 0 Å². The van der Waals surface area contributed by atoms with Crippen LogP contribution in [0.4, 0.5) is 14.5 Å². The Morgan fingerprint density at radius 3 is 2.52 bits per heavy atom. The fraction of sp³-hybridized carbons (Fsp3) is 0.250. The summed E-state index contributed by atoms with van der Waals surface area (Å²) in [7, 11) is -3.98. The van der Waals surface area contributed by atoms with Crippen LogP contribution in [0.1, 0.15) is 19.4 Å². The molecule has 0 aliphatic carbocycles. The van der Waals surface area contributed by atoms with Crippen LogP contribution in [0.25, 0.3) is 0 Å². The van der Waals surface area contributed by atoms with Gasteiger partial charge < -0.3 is 4.74 Å². The molecule has 0 heterocycles. The average Bonchev–Trinajstić information content (AvgIpc) is 2.48. The van der Waals surface area contributed by atoms with Crippen molar-refractivity contribution in [2.45, 2.75) is 31.5 Å². The molecule has 0 amide bonds. The van der Waals surface area contributed by atoms with Crippen molar-refractivity contribution in [3.63, 3.8) is 0 Å². The highest BCUT2D eigenvalue weighted by Crippen LogP contribution is 2.21. The number of halogens is 2. The lowest BCUT2D eigenvalue weighted by Gasteiger charge is -2.11. The van der Waals surface area contributed by atoms with Gasteiger partial charge in [-0.25, -0.2) is 17.2 Å². The molecule has 0 aliphatic rings. The fourth-order valence-corrected chi connectivity index (χ4v) is 2.98. The Morgan fingerprint density at radius 1 is 1.13 bits per heavy atom. The van der Waals surface area contributed by atoms with Gasteiger partial charge in [-0.1, -0.05) is 12.1 Å². The summed E-state index contributed by atoms with van der Waals surface area (Å²) in [5.41, 5.74) is 0.372. The van der Waals surface area contributed by atoms with Gasteiger partial charge in [-0.05, 0) is 43.7 Å². The number of ether oxygens (including phenoxy) is 1. The van der Waals surface area contributed by atoms with Gasteiger partial charge in [0.15, 0.2) is 0 Å². The molecule has 2 aromatic rings. The Bertz CT molecular complexity index is 792. The highest BCUT2D eigenvalue weighted by atomic mass is 32.2. The van der Waals surface area contributed by atoms with Gasteiger partial charge in [0.05, 0.1) is 23.3 Å². The molecule has 0 saturated heterocycles. The minimum absolute atomic E-state index is 0.0155. The van der Waals surface area contributed by atoms with Crippen molar-refractivity contribution < 1.29 is 21.9 Å². The largest absolute Gasteiger partial charge is 0.374 e. The molecular weight excluding hydrogens is 324 g/mol. The van der Waals surface area contributed by atoms with E-state index in [1.54, 1.807) is 12.1 Å². The van der Waals surface area contributed by atoms with Crippen molar-refractivity contribution >= 4 is 15.7 Å². The van der Waals surface area contributed by atoms with Gasteiger partial charge in [-0.3, -0.25) is 4.72 Å². The summed E-state index contributed by atoms with van der Waals surface area (Å²) in [6.45, 7) is 4.02. The van der Waals surface area contributed by atoms with Gasteiger partial charge in [0, 0.05) is 6.07 Å². The smallest absolute Gasteiger partial charge is 0.261 e. The van der Waals surface area contributed by atoms with Gasteiger partial charge in [0.25, 0.3) is 10.0 Å². The molecule has 2 aromatic carbocycles. The zero-order valence-corrected chi connectivity index (χ0v) is 13.5. The molecule has 7 heteroatoms. The van der Waals surface area contributed by atoms with Crippen molar-refractivity contribution in [3.05, 3.63) is 59.7 Å². The first-order valence-electron chi connectivity index (χ1n) is 6.96. The third kappa shape index (κ3) is 4.74. The van der Waals surface area contributed by atoms with Crippen LogP contribution in [0.5, 0.6) is 0 Å². The molecule has 4 nitrogen and oxygen atoms in total. The fourth-order valence-electron chi connectivity index (χ4n) is 1.84. The van der Waals surface area contributed by atoms with Gasteiger partial charge in [-0.2, -0.15) is 0 Å². The molecule has 124 valence electrons. The first-order valence-corrected chi connectivity index (χ1v) is 8.44. The predicted molar refractivity (Wildman–Crippen MR) is 83.5 cm³/mol. The van der Waals surface area contributed by atoms with E-state index in [1.807, 2.05) is 13.8 Å². The Hall–Kier alpha value is -1.99. The molecule has 0 aromatic heterocycles. The van der Waals surface area contributed by atoms with E-state index in [9.17, 15) is 17.2 Å². The lowest BCUT2D eigenvalue weighted by Crippen LogP contribution is -2.14. The topological polar surface area (TPSA) is 55.4 Å². The van der Waals surface area contributed by atoms with Crippen LogP contribution in [0.15, 0.2) is 47.4 Å². The summed E-state index contributed by atoms with van der Waals surface area (Å²) in [4.78, 5) is -0.0221. The second-order valence-corrected chi connectivity index (χ2v) is 6.92. The lowest BCUT2D eigenvalue weighted by atomic mass is 10.2. The zero-order valence-electron chi connectivity index (χ0n) is 12.7. The molecule has 0 saturated carbocycles. The molecule has 0 spiro atoms. The minimum atomic E-state index is -3.98. The third-order valence-corrected chi connectivity index (χ3v) is 4.33. The quantitative estimate of drug-likeness (QED) is 0.872. The number of benzene rings is 2. The van der Waals surface area contributed by atoms with Crippen LogP contribution in [-0.2, 0) is 21.4 Å². The summed E-state index contributed by atoms with van der Waals surface area (Å²) in [6, 6.07) is 8.79. The normalized spacial score (nSPS) is 11.7. The van der Waals surface area contributed by atoms with E-state index in [4.69, 9.17) is 4.74 Å². The number of anilines is 1. The van der Waals surface area contributed by atoms with Gasteiger partial charge in [0.1, 0.15) is 11.6 Å². The average molecular weight is 341 g/mol. The molecular formula is C16H17F2NO3S. The van der Waals surface area contributed by atoms with Crippen LogP contribution in [0, 0.1) is 11.6 Å². The molecule has 0 atom stereocenters. The Labute approximate surface area is 134 Å². The van der Waals surface area contributed by atoms with Crippen LogP contribution in [0.2, 0.25) is 0 Å². The maximum Gasteiger partial charge on any atom is 0.261 e. The van der Waals surface area contributed by atoms with Crippen molar-refractivity contribution in [3.8, 4) is 0 Å². The molecule has 0 bridgehead atoms. The van der Waals surface area contributed by atoms with E-state index in [2.05, 4.69) is 4.72 Å². The summed E-state index contributed by atoms with van der Waals surface area (Å²) < 4.78 is 58.6. The van der Waals surface area contributed by atoms with Crippen molar-refractivity contribution in [1.82, 2.24) is 0 Å². The van der Waals surface area contributed by atoms with Crippen molar-refractivity contribution in [1.29, 1.82) is 0 Å². The molecule has 23 heavy (non-hydrogen) atoms. The van der Waals surface area contributed by atoms with E-state index < -0.39 is 21.7 Å². The zero-order chi connectivity index (χ0) is 17.0. The van der Waals surface area contributed by atoms with Gasteiger partial charge >= 0.3 is 0 Å². The van der Waals surface area contributed by atoms with E-state index in [0.29, 0.717) is 11.6 Å². The molecule has 0 fully saturated rings.